The average Bonchev–Trinajstić information content (AvgIpc) is 3.06. The van der Waals surface area contributed by atoms with E-state index in [9.17, 15) is 9.18 Å². The smallest absolute Gasteiger partial charge is 0.282 e. The number of rotatable bonds is 4. The fourth-order valence-corrected chi connectivity index (χ4v) is 3.34. The first-order valence-electron chi connectivity index (χ1n) is 8.86. The maximum atomic E-state index is 13.4. The second-order valence-electron chi connectivity index (χ2n) is 6.33. The lowest BCUT2D eigenvalue weighted by Crippen LogP contribution is -2.32. The molecule has 0 saturated heterocycles. The van der Waals surface area contributed by atoms with Gasteiger partial charge in [-0.05, 0) is 60.7 Å². The molecule has 6 heteroatoms. The van der Waals surface area contributed by atoms with Crippen molar-refractivity contribution >= 4 is 39.4 Å². The Kier molecular flexibility index (Phi) is 5.27. The highest BCUT2D eigenvalue weighted by Crippen LogP contribution is 2.30. The third-order valence-electron chi connectivity index (χ3n) is 4.48. The summed E-state index contributed by atoms with van der Waals surface area (Å²) in [6, 6.07) is 20.7. The standard InChI is InChI=1S/C23H16BrFN2O2/c1-29-21-5-3-2-4-16(21)14-20-23(28)27(19-12-8-17(24)9-13-19)22(26-20)15-6-10-18(25)11-7-15/h2-14H,1H3/b20-14+. The van der Waals surface area contributed by atoms with Gasteiger partial charge >= 0.3 is 0 Å². The van der Waals surface area contributed by atoms with Crippen LogP contribution >= 0.6 is 15.9 Å². The number of carbonyl (C=O) groups excluding carboxylic acids is 1. The summed E-state index contributed by atoms with van der Waals surface area (Å²) in [5.74, 6) is 0.475. The van der Waals surface area contributed by atoms with Crippen molar-refractivity contribution in [2.45, 2.75) is 0 Å². The molecule has 0 radical (unpaired) electrons. The highest BCUT2D eigenvalue weighted by Gasteiger charge is 2.32. The van der Waals surface area contributed by atoms with E-state index in [-0.39, 0.29) is 17.4 Å². The molecule has 29 heavy (non-hydrogen) atoms. The quantitative estimate of drug-likeness (QED) is 0.497. The zero-order valence-electron chi connectivity index (χ0n) is 15.5. The van der Waals surface area contributed by atoms with Crippen LogP contribution in [0.1, 0.15) is 11.1 Å². The number of hydrogen-bond acceptors (Lipinski definition) is 3. The van der Waals surface area contributed by atoms with Crippen molar-refractivity contribution in [1.82, 2.24) is 0 Å². The first kappa shape index (κ1) is 19.1. The van der Waals surface area contributed by atoms with Gasteiger partial charge in [0.1, 0.15) is 23.1 Å². The van der Waals surface area contributed by atoms with Crippen LogP contribution in [-0.4, -0.2) is 18.9 Å². The molecular formula is C23H16BrFN2O2. The van der Waals surface area contributed by atoms with Crippen LogP contribution in [0.15, 0.2) is 88.0 Å². The molecule has 3 aromatic carbocycles. The molecule has 1 aliphatic heterocycles. The van der Waals surface area contributed by atoms with Crippen LogP contribution in [0, 0.1) is 5.82 Å². The van der Waals surface area contributed by atoms with Gasteiger partial charge in [-0.2, -0.15) is 0 Å². The molecule has 4 nitrogen and oxygen atoms in total. The molecular weight excluding hydrogens is 435 g/mol. The molecule has 0 aliphatic carbocycles. The highest BCUT2D eigenvalue weighted by molar-refractivity contribution is 9.10. The molecule has 1 aliphatic rings. The van der Waals surface area contributed by atoms with Crippen molar-refractivity contribution < 1.29 is 13.9 Å². The number of ether oxygens (including phenoxy) is 1. The van der Waals surface area contributed by atoms with E-state index < -0.39 is 0 Å². The Hall–Kier alpha value is -3.25. The summed E-state index contributed by atoms with van der Waals surface area (Å²) in [4.78, 5) is 19.4. The zero-order chi connectivity index (χ0) is 20.4. The third kappa shape index (κ3) is 3.84. The molecule has 0 atom stereocenters. The van der Waals surface area contributed by atoms with E-state index in [4.69, 9.17) is 4.74 Å². The fourth-order valence-electron chi connectivity index (χ4n) is 3.07. The lowest BCUT2D eigenvalue weighted by Gasteiger charge is -2.18. The molecule has 0 unspecified atom stereocenters. The predicted molar refractivity (Wildman–Crippen MR) is 116 cm³/mol. The number of nitrogens with zero attached hydrogens (tertiary/aromatic N) is 2. The molecule has 1 heterocycles. The van der Waals surface area contributed by atoms with Crippen molar-refractivity contribution in [1.29, 1.82) is 0 Å². The molecule has 4 rings (SSSR count). The first-order chi connectivity index (χ1) is 14.1. The van der Waals surface area contributed by atoms with E-state index in [2.05, 4.69) is 20.9 Å². The van der Waals surface area contributed by atoms with Crippen LogP contribution in [0.2, 0.25) is 0 Å². The highest BCUT2D eigenvalue weighted by atomic mass is 79.9. The molecule has 0 N–H and O–H groups in total. The lowest BCUT2D eigenvalue weighted by atomic mass is 10.1. The summed E-state index contributed by atoms with van der Waals surface area (Å²) >= 11 is 3.41. The lowest BCUT2D eigenvalue weighted by molar-refractivity contribution is -0.113. The average molecular weight is 451 g/mol. The van der Waals surface area contributed by atoms with Gasteiger partial charge in [0.05, 0.1) is 12.8 Å². The number of carbonyl (C=O) groups is 1. The second kappa shape index (κ2) is 8.01. The molecule has 0 saturated carbocycles. The minimum atomic E-state index is -0.348. The Labute approximate surface area is 176 Å². The van der Waals surface area contributed by atoms with E-state index in [1.54, 1.807) is 25.3 Å². The van der Waals surface area contributed by atoms with Gasteiger partial charge < -0.3 is 4.74 Å². The molecule has 1 amide bonds. The maximum Gasteiger partial charge on any atom is 0.282 e. The summed E-state index contributed by atoms with van der Waals surface area (Å²) in [5, 5.41) is 0. The van der Waals surface area contributed by atoms with E-state index in [1.807, 2.05) is 48.5 Å². The largest absolute Gasteiger partial charge is 0.496 e. The van der Waals surface area contributed by atoms with Crippen LogP contribution in [0.4, 0.5) is 10.1 Å². The van der Waals surface area contributed by atoms with Crippen molar-refractivity contribution in [2.75, 3.05) is 12.0 Å². The van der Waals surface area contributed by atoms with Crippen molar-refractivity contribution in [3.8, 4) is 5.75 Å². The van der Waals surface area contributed by atoms with Gasteiger partial charge in [0.15, 0.2) is 0 Å². The Morgan fingerprint density at radius 2 is 1.69 bits per heavy atom. The fraction of sp³-hybridized carbons (Fsp3) is 0.0435. The van der Waals surface area contributed by atoms with E-state index in [1.165, 1.54) is 17.0 Å². The Morgan fingerprint density at radius 3 is 2.38 bits per heavy atom. The number of anilines is 1. The van der Waals surface area contributed by atoms with E-state index >= 15 is 0 Å². The van der Waals surface area contributed by atoms with Gasteiger partial charge in [-0.15, -0.1) is 0 Å². The summed E-state index contributed by atoms with van der Waals surface area (Å²) < 4.78 is 19.7. The summed E-state index contributed by atoms with van der Waals surface area (Å²) in [6.07, 6.45) is 1.70. The van der Waals surface area contributed by atoms with Gasteiger partial charge in [-0.1, -0.05) is 34.1 Å². The second-order valence-corrected chi connectivity index (χ2v) is 7.25. The number of benzene rings is 3. The SMILES string of the molecule is COc1ccccc1/C=C1/N=C(c2ccc(F)cc2)N(c2ccc(Br)cc2)C1=O. The van der Waals surface area contributed by atoms with Crippen LogP contribution in [0.25, 0.3) is 6.08 Å². The molecule has 0 fully saturated rings. The number of halogens is 2. The molecule has 3 aromatic rings. The van der Waals surface area contributed by atoms with Crippen LogP contribution < -0.4 is 9.64 Å². The Balaban J connectivity index is 1.83. The van der Waals surface area contributed by atoms with E-state index in [0.29, 0.717) is 22.8 Å². The van der Waals surface area contributed by atoms with Gasteiger partial charge in [-0.3, -0.25) is 9.69 Å². The van der Waals surface area contributed by atoms with E-state index in [0.717, 1.165) is 10.0 Å². The minimum Gasteiger partial charge on any atom is -0.496 e. The number of amides is 1. The van der Waals surface area contributed by atoms with Gasteiger partial charge in [-0.25, -0.2) is 9.38 Å². The summed E-state index contributed by atoms with van der Waals surface area (Å²) in [7, 11) is 1.58. The third-order valence-corrected chi connectivity index (χ3v) is 5.01. The normalized spacial score (nSPS) is 15.0. The number of amidine groups is 1. The van der Waals surface area contributed by atoms with Crippen LogP contribution in [-0.2, 0) is 4.79 Å². The first-order valence-corrected chi connectivity index (χ1v) is 9.65. The minimum absolute atomic E-state index is 0.266. The van der Waals surface area contributed by atoms with Gasteiger partial charge in [0.2, 0.25) is 0 Å². The maximum absolute atomic E-state index is 13.4. The van der Waals surface area contributed by atoms with Crippen molar-refractivity contribution in [3.05, 3.63) is 99.9 Å². The van der Waals surface area contributed by atoms with Crippen LogP contribution in [0.5, 0.6) is 5.75 Å². The van der Waals surface area contributed by atoms with Gasteiger partial charge in [0, 0.05) is 15.6 Å². The van der Waals surface area contributed by atoms with Crippen LogP contribution in [0.3, 0.4) is 0 Å². The summed E-state index contributed by atoms with van der Waals surface area (Å²) in [5.41, 5.74) is 2.34. The monoisotopic (exact) mass is 450 g/mol. The topological polar surface area (TPSA) is 41.9 Å². The number of methoxy groups -OCH3 is 1. The summed E-state index contributed by atoms with van der Waals surface area (Å²) in [6.45, 7) is 0. The Bertz CT molecular complexity index is 1120. The van der Waals surface area contributed by atoms with Crippen molar-refractivity contribution in [2.24, 2.45) is 4.99 Å². The van der Waals surface area contributed by atoms with Gasteiger partial charge in [0.25, 0.3) is 5.91 Å². The molecule has 0 spiro atoms. The zero-order valence-corrected chi connectivity index (χ0v) is 17.1. The Morgan fingerprint density at radius 1 is 1.00 bits per heavy atom. The number of hydrogen-bond donors (Lipinski definition) is 0. The molecule has 0 aromatic heterocycles. The number of para-hydroxylation sites is 1. The molecule has 144 valence electrons. The van der Waals surface area contributed by atoms with Crippen molar-refractivity contribution in [3.63, 3.8) is 0 Å². The number of aliphatic imine (C=N–C) groups is 1. The molecule has 0 bridgehead atoms. The predicted octanol–water partition coefficient (Wildman–Crippen LogP) is 5.43.